The third-order valence-electron chi connectivity index (χ3n) is 6.92. The van der Waals surface area contributed by atoms with Crippen molar-refractivity contribution < 1.29 is 13.2 Å². The third kappa shape index (κ3) is 4.77. The highest BCUT2D eigenvalue weighted by Crippen LogP contribution is 2.34. The molecule has 4 rings (SSSR count). The average molecular weight is 420 g/mol. The molecule has 1 aliphatic heterocycles. The van der Waals surface area contributed by atoms with Gasteiger partial charge in [0.15, 0.2) is 0 Å². The lowest BCUT2D eigenvalue weighted by Crippen LogP contribution is -2.52. The van der Waals surface area contributed by atoms with Crippen molar-refractivity contribution in [1.82, 2.24) is 14.5 Å². The Morgan fingerprint density at radius 2 is 1.59 bits per heavy atom. The van der Waals surface area contributed by atoms with Crippen LogP contribution in [0.3, 0.4) is 0 Å². The van der Waals surface area contributed by atoms with Gasteiger partial charge in [0.25, 0.3) is 0 Å². The minimum Gasteiger partial charge on any atom is -0.335 e. The molecular formula is C22H33N3O3S. The van der Waals surface area contributed by atoms with Gasteiger partial charge >= 0.3 is 6.03 Å². The predicted octanol–water partition coefficient (Wildman–Crippen LogP) is 3.31. The van der Waals surface area contributed by atoms with Gasteiger partial charge in [0.05, 0.1) is 5.25 Å². The van der Waals surface area contributed by atoms with Gasteiger partial charge in [0, 0.05) is 32.2 Å². The molecule has 3 fully saturated rings. The van der Waals surface area contributed by atoms with Gasteiger partial charge in [-0.1, -0.05) is 30.3 Å². The molecular weight excluding hydrogens is 386 g/mol. The molecule has 0 bridgehead atoms. The standard InChI is InChI=1S/C22H33N3O3S/c1-24(20-13-15-25(16-14-20)29(27,28)21-11-12-21)22(26)23-19-9-7-18(8-10-19)17-5-3-2-4-6-17/h2-6,18-21H,7-16H2,1H3,(H,23,26). The normalized spacial score (nSPS) is 26.8. The van der Waals surface area contributed by atoms with Crippen LogP contribution in [0.2, 0.25) is 0 Å². The molecule has 0 aromatic heterocycles. The van der Waals surface area contributed by atoms with E-state index >= 15 is 0 Å². The van der Waals surface area contributed by atoms with Crippen molar-refractivity contribution in [2.24, 2.45) is 0 Å². The van der Waals surface area contributed by atoms with E-state index in [0.29, 0.717) is 19.0 Å². The average Bonchev–Trinajstić information content (AvgIpc) is 3.60. The van der Waals surface area contributed by atoms with E-state index in [2.05, 4.69) is 35.6 Å². The first kappa shape index (κ1) is 20.7. The number of nitrogens with zero attached hydrogens (tertiary/aromatic N) is 2. The largest absolute Gasteiger partial charge is 0.335 e. The summed E-state index contributed by atoms with van der Waals surface area (Å²) in [6, 6.07) is 11.0. The smallest absolute Gasteiger partial charge is 0.317 e. The maximum absolute atomic E-state index is 12.7. The van der Waals surface area contributed by atoms with Gasteiger partial charge in [0.1, 0.15) is 0 Å². The van der Waals surface area contributed by atoms with Gasteiger partial charge in [-0.3, -0.25) is 0 Å². The molecule has 29 heavy (non-hydrogen) atoms. The minimum absolute atomic E-state index is 0.0170. The summed E-state index contributed by atoms with van der Waals surface area (Å²) in [5, 5.41) is 3.07. The Morgan fingerprint density at radius 1 is 0.966 bits per heavy atom. The summed E-state index contributed by atoms with van der Waals surface area (Å²) < 4.78 is 26.4. The lowest BCUT2D eigenvalue weighted by Gasteiger charge is -2.37. The third-order valence-corrected chi connectivity index (χ3v) is 9.32. The molecule has 7 heteroatoms. The van der Waals surface area contributed by atoms with Crippen LogP contribution in [0.15, 0.2) is 30.3 Å². The number of amides is 2. The fraction of sp³-hybridized carbons (Fsp3) is 0.682. The molecule has 3 aliphatic rings. The Bertz CT molecular complexity index is 794. The second-order valence-corrected chi connectivity index (χ2v) is 11.1. The zero-order valence-corrected chi connectivity index (χ0v) is 18.1. The molecule has 1 aromatic carbocycles. The van der Waals surface area contributed by atoms with Crippen molar-refractivity contribution in [1.29, 1.82) is 0 Å². The summed E-state index contributed by atoms with van der Waals surface area (Å²) in [6.45, 7) is 1.06. The quantitative estimate of drug-likeness (QED) is 0.796. The van der Waals surface area contributed by atoms with Crippen LogP contribution in [-0.2, 0) is 10.0 Å². The summed E-state index contributed by atoms with van der Waals surface area (Å²) in [4.78, 5) is 14.5. The highest BCUT2D eigenvalue weighted by Gasteiger charge is 2.41. The van der Waals surface area contributed by atoms with Crippen LogP contribution in [-0.4, -0.2) is 61.1 Å². The molecule has 2 amide bonds. The summed E-state index contributed by atoms with van der Waals surface area (Å²) >= 11 is 0. The molecule has 0 unspecified atom stereocenters. The SMILES string of the molecule is CN(C(=O)NC1CCC(c2ccccc2)CC1)C1CCN(S(=O)(=O)C2CC2)CC1. The van der Waals surface area contributed by atoms with E-state index < -0.39 is 10.0 Å². The van der Waals surface area contributed by atoms with E-state index in [9.17, 15) is 13.2 Å². The summed E-state index contributed by atoms with van der Waals surface area (Å²) in [7, 11) is -1.25. The van der Waals surface area contributed by atoms with Crippen molar-refractivity contribution in [2.75, 3.05) is 20.1 Å². The van der Waals surface area contributed by atoms with Gasteiger partial charge in [-0.2, -0.15) is 0 Å². The van der Waals surface area contributed by atoms with Crippen molar-refractivity contribution in [3.63, 3.8) is 0 Å². The maximum Gasteiger partial charge on any atom is 0.317 e. The van der Waals surface area contributed by atoms with Crippen molar-refractivity contribution >= 4 is 16.1 Å². The number of hydrogen-bond acceptors (Lipinski definition) is 3. The summed E-state index contributed by atoms with van der Waals surface area (Å²) in [5.41, 5.74) is 1.40. The van der Waals surface area contributed by atoms with E-state index in [-0.39, 0.29) is 23.4 Å². The molecule has 2 aliphatic carbocycles. The number of rotatable bonds is 5. The molecule has 160 valence electrons. The van der Waals surface area contributed by atoms with Crippen LogP contribution < -0.4 is 5.32 Å². The first-order chi connectivity index (χ1) is 13.9. The Morgan fingerprint density at radius 3 is 2.17 bits per heavy atom. The van der Waals surface area contributed by atoms with Crippen LogP contribution in [0.1, 0.15) is 62.8 Å². The van der Waals surface area contributed by atoms with Crippen LogP contribution in [0.4, 0.5) is 4.79 Å². The van der Waals surface area contributed by atoms with Crippen molar-refractivity contribution in [2.45, 2.75) is 74.6 Å². The highest BCUT2D eigenvalue weighted by atomic mass is 32.2. The van der Waals surface area contributed by atoms with Crippen molar-refractivity contribution in [3.8, 4) is 0 Å². The lowest BCUT2D eigenvalue weighted by atomic mass is 9.82. The zero-order valence-electron chi connectivity index (χ0n) is 17.3. The van der Waals surface area contributed by atoms with Gasteiger partial charge in [-0.25, -0.2) is 17.5 Å². The summed E-state index contributed by atoms with van der Waals surface area (Å²) in [5.74, 6) is 0.597. The molecule has 0 radical (unpaired) electrons. The Balaban J connectivity index is 1.22. The predicted molar refractivity (Wildman–Crippen MR) is 114 cm³/mol. The second kappa shape index (κ2) is 8.64. The minimum atomic E-state index is -3.09. The molecule has 1 N–H and O–H groups in total. The van der Waals surface area contributed by atoms with Crippen LogP contribution >= 0.6 is 0 Å². The lowest BCUT2D eigenvalue weighted by molar-refractivity contribution is 0.157. The number of urea groups is 1. The number of piperidine rings is 1. The van der Waals surface area contributed by atoms with Gasteiger partial charge in [-0.05, 0) is 62.8 Å². The first-order valence-corrected chi connectivity index (χ1v) is 12.5. The Hall–Kier alpha value is -1.60. The second-order valence-electron chi connectivity index (χ2n) is 8.89. The van der Waals surface area contributed by atoms with Gasteiger partial charge < -0.3 is 10.2 Å². The Labute approximate surface area is 174 Å². The molecule has 6 nitrogen and oxygen atoms in total. The van der Waals surface area contributed by atoms with E-state index in [1.165, 1.54) is 5.56 Å². The zero-order chi connectivity index (χ0) is 20.4. The fourth-order valence-corrected chi connectivity index (χ4v) is 6.67. The monoisotopic (exact) mass is 419 g/mol. The van der Waals surface area contributed by atoms with Crippen LogP contribution in [0.25, 0.3) is 0 Å². The topological polar surface area (TPSA) is 69.7 Å². The molecule has 1 saturated heterocycles. The van der Waals surface area contributed by atoms with Crippen molar-refractivity contribution in [3.05, 3.63) is 35.9 Å². The number of benzene rings is 1. The van der Waals surface area contributed by atoms with Crippen LogP contribution in [0, 0.1) is 0 Å². The molecule has 1 aromatic rings. The van der Waals surface area contributed by atoms with E-state index in [4.69, 9.17) is 0 Å². The highest BCUT2D eigenvalue weighted by molar-refractivity contribution is 7.90. The molecule has 1 heterocycles. The number of carbonyl (C=O) groups excluding carboxylic acids is 1. The van der Waals surface area contributed by atoms with E-state index in [0.717, 1.165) is 51.4 Å². The first-order valence-electron chi connectivity index (χ1n) is 11.0. The van der Waals surface area contributed by atoms with E-state index in [1.54, 1.807) is 9.21 Å². The van der Waals surface area contributed by atoms with E-state index in [1.807, 2.05) is 7.05 Å². The number of nitrogens with one attached hydrogen (secondary N) is 1. The Kier molecular flexibility index (Phi) is 6.16. The number of sulfonamides is 1. The number of hydrogen-bond donors (Lipinski definition) is 1. The summed E-state index contributed by atoms with van der Waals surface area (Å²) in [6.07, 6.45) is 7.28. The maximum atomic E-state index is 12.7. The van der Waals surface area contributed by atoms with Gasteiger partial charge in [-0.15, -0.1) is 0 Å². The van der Waals surface area contributed by atoms with Gasteiger partial charge in [0.2, 0.25) is 10.0 Å². The molecule has 0 atom stereocenters. The molecule has 0 spiro atoms. The number of carbonyl (C=O) groups is 1. The van der Waals surface area contributed by atoms with Crippen LogP contribution in [0.5, 0.6) is 0 Å². The molecule has 2 saturated carbocycles. The fourth-order valence-electron chi connectivity index (χ4n) is 4.80.